The van der Waals surface area contributed by atoms with Crippen molar-refractivity contribution in [1.29, 1.82) is 0 Å². The Morgan fingerprint density at radius 1 is 1.12 bits per heavy atom. The van der Waals surface area contributed by atoms with E-state index < -0.39 is 23.0 Å². The zero-order chi connectivity index (χ0) is 28.5. The first-order chi connectivity index (χ1) is 19.4. The van der Waals surface area contributed by atoms with E-state index in [4.69, 9.17) is 9.47 Å². The van der Waals surface area contributed by atoms with Crippen molar-refractivity contribution < 1.29 is 28.6 Å². The van der Waals surface area contributed by atoms with E-state index >= 15 is 0 Å². The lowest BCUT2D eigenvalue weighted by Crippen LogP contribution is -2.41. The number of carbonyl (C=O) groups excluding carboxylic acids is 2. The van der Waals surface area contributed by atoms with Crippen molar-refractivity contribution in [1.82, 2.24) is 30.6 Å². The molecule has 15 nitrogen and oxygen atoms in total. The normalized spacial score (nSPS) is 12.4. The minimum atomic E-state index is -0.847. The number of amides is 1. The van der Waals surface area contributed by atoms with Gasteiger partial charge in [0.05, 0.1) is 36.5 Å². The number of fused-ring (bicyclic) bond motifs is 1. The number of rotatable bonds is 13. The number of methoxy groups -OCH3 is 1. The van der Waals surface area contributed by atoms with Gasteiger partial charge in [-0.05, 0) is 48.1 Å². The SMILES string of the molecule is COC(=O)[C@H](CCCC(C)n1cc(CNc2ccc([N+](=O)[O-])c3nonc23)nn1)NC(=O)OCc1ccccc1. The molecule has 0 bridgehead atoms. The van der Waals surface area contributed by atoms with Gasteiger partial charge in [-0.3, -0.25) is 10.1 Å². The quantitative estimate of drug-likeness (QED) is 0.140. The number of nitrogens with zero attached hydrogens (tertiary/aromatic N) is 6. The third-order valence-corrected chi connectivity index (χ3v) is 6.17. The first-order valence-electron chi connectivity index (χ1n) is 12.4. The van der Waals surface area contributed by atoms with Gasteiger partial charge >= 0.3 is 17.7 Å². The second-order valence-corrected chi connectivity index (χ2v) is 8.96. The predicted molar refractivity (Wildman–Crippen MR) is 140 cm³/mol. The molecule has 2 heterocycles. The smallest absolute Gasteiger partial charge is 0.408 e. The van der Waals surface area contributed by atoms with Crippen LogP contribution in [0, 0.1) is 10.1 Å². The molecule has 0 radical (unpaired) electrons. The van der Waals surface area contributed by atoms with Crippen LogP contribution in [-0.2, 0) is 27.4 Å². The third kappa shape index (κ3) is 7.06. The van der Waals surface area contributed by atoms with Gasteiger partial charge in [-0.15, -0.1) is 5.10 Å². The van der Waals surface area contributed by atoms with Gasteiger partial charge in [0, 0.05) is 6.07 Å². The number of hydrogen-bond donors (Lipinski definition) is 2. The second kappa shape index (κ2) is 13.1. The molecule has 15 heteroatoms. The molecule has 0 fully saturated rings. The van der Waals surface area contributed by atoms with Gasteiger partial charge in [0.15, 0.2) is 5.52 Å². The summed E-state index contributed by atoms with van der Waals surface area (Å²) in [6.45, 7) is 2.33. The molecule has 2 aromatic carbocycles. The maximum Gasteiger partial charge on any atom is 0.408 e. The molecule has 1 unspecified atom stereocenters. The van der Waals surface area contributed by atoms with E-state index in [9.17, 15) is 19.7 Å². The van der Waals surface area contributed by atoms with Gasteiger partial charge in [-0.1, -0.05) is 35.5 Å². The summed E-state index contributed by atoms with van der Waals surface area (Å²) >= 11 is 0. The number of nitro benzene ring substituents is 1. The summed E-state index contributed by atoms with van der Waals surface area (Å²) in [6, 6.07) is 11.2. The molecule has 0 aliphatic heterocycles. The van der Waals surface area contributed by atoms with E-state index in [-0.39, 0.29) is 35.9 Å². The number of anilines is 1. The molecule has 2 atom stereocenters. The number of non-ortho nitro benzene ring substituents is 1. The van der Waals surface area contributed by atoms with Crippen LogP contribution in [0.15, 0.2) is 53.3 Å². The van der Waals surface area contributed by atoms with Crippen molar-refractivity contribution >= 4 is 34.5 Å². The minimum absolute atomic E-state index is 0.0459. The molecule has 0 spiro atoms. The number of nitrogens with one attached hydrogen (secondary N) is 2. The Bertz CT molecular complexity index is 1460. The van der Waals surface area contributed by atoms with Crippen LogP contribution in [0.1, 0.15) is 43.5 Å². The van der Waals surface area contributed by atoms with Crippen molar-refractivity contribution in [2.75, 3.05) is 12.4 Å². The third-order valence-electron chi connectivity index (χ3n) is 6.17. The van der Waals surface area contributed by atoms with Crippen LogP contribution in [0.25, 0.3) is 11.0 Å². The molecule has 4 aromatic rings. The second-order valence-electron chi connectivity index (χ2n) is 8.96. The highest BCUT2D eigenvalue weighted by Gasteiger charge is 2.23. The van der Waals surface area contributed by atoms with Crippen LogP contribution in [0.3, 0.4) is 0 Å². The Labute approximate surface area is 227 Å². The molecule has 0 saturated heterocycles. The van der Waals surface area contributed by atoms with E-state index in [0.29, 0.717) is 30.6 Å². The summed E-state index contributed by atoms with van der Waals surface area (Å²) < 4.78 is 16.4. The lowest BCUT2D eigenvalue weighted by atomic mass is 10.1. The van der Waals surface area contributed by atoms with E-state index in [2.05, 4.69) is 35.9 Å². The highest BCUT2D eigenvalue weighted by Crippen LogP contribution is 2.29. The van der Waals surface area contributed by atoms with Gasteiger partial charge in [0.25, 0.3) is 0 Å². The highest BCUT2D eigenvalue weighted by molar-refractivity contribution is 5.93. The Hall–Kier alpha value is -5.08. The van der Waals surface area contributed by atoms with E-state index in [1.54, 1.807) is 10.9 Å². The fourth-order valence-electron chi connectivity index (χ4n) is 3.99. The number of alkyl carbamates (subject to hydrolysis) is 1. The Balaban J connectivity index is 1.26. The average Bonchev–Trinajstić information content (AvgIpc) is 3.65. The van der Waals surface area contributed by atoms with E-state index in [1.165, 1.54) is 19.2 Å². The first kappa shape index (κ1) is 27.9. The minimum Gasteiger partial charge on any atom is -0.467 e. The molecule has 0 aliphatic rings. The van der Waals surface area contributed by atoms with Crippen molar-refractivity contribution in [2.24, 2.45) is 0 Å². The molecule has 0 saturated carbocycles. The summed E-state index contributed by atoms with van der Waals surface area (Å²) in [5.74, 6) is -0.555. The number of esters is 1. The van der Waals surface area contributed by atoms with Gasteiger partial charge in [-0.25, -0.2) is 18.9 Å². The van der Waals surface area contributed by atoms with Crippen LogP contribution in [0.2, 0.25) is 0 Å². The molecule has 210 valence electrons. The van der Waals surface area contributed by atoms with Gasteiger partial charge < -0.3 is 20.1 Å². The molecule has 1 amide bonds. The summed E-state index contributed by atoms with van der Waals surface area (Å²) in [4.78, 5) is 35.0. The number of aromatic nitrogens is 5. The first-order valence-corrected chi connectivity index (χ1v) is 12.4. The van der Waals surface area contributed by atoms with Crippen molar-refractivity contribution in [3.8, 4) is 0 Å². The number of ether oxygens (including phenoxy) is 2. The van der Waals surface area contributed by atoms with Crippen LogP contribution in [0.5, 0.6) is 0 Å². The Morgan fingerprint density at radius 3 is 2.65 bits per heavy atom. The van der Waals surface area contributed by atoms with Crippen molar-refractivity contribution in [2.45, 2.75) is 51.4 Å². The number of carbonyl (C=O) groups is 2. The lowest BCUT2D eigenvalue weighted by Gasteiger charge is -2.17. The summed E-state index contributed by atoms with van der Waals surface area (Å²) in [7, 11) is 1.26. The molecule has 2 aromatic heterocycles. The van der Waals surface area contributed by atoms with Crippen LogP contribution in [0.4, 0.5) is 16.2 Å². The summed E-state index contributed by atoms with van der Waals surface area (Å²) in [5.41, 5.74) is 2.07. The Kier molecular flexibility index (Phi) is 9.17. The van der Waals surface area contributed by atoms with Crippen molar-refractivity contribution in [3.05, 3.63) is 70.0 Å². The lowest BCUT2D eigenvalue weighted by molar-refractivity contribution is -0.383. The standard InChI is InChI=1S/C25H28N8O7/c1-16(7-6-10-20(24(34)38-2)27-25(35)39-15-17-8-4-3-5-9-17)32-14-18(28-31-32)13-26-19-11-12-21(33(36)37)23-22(19)29-40-30-23/h3-5,8-9,11-12,14,16,20,26H,6-7,10,13,15H2,1-2H3,(H,27,35)/t16?,20-/m0/s1. The molecular weight excluding hydrogens is 524 g/mol. The summed E-state index contributed by atoms with van der Waals surface area (Å²) in [6.07, 6.45) is 2.67. The van der Waals surface area contributed by atoms with Gasteiger partial charge in [0.2, 0.25) is 5.52 Å². The molecule has 40 heavy (non-hydrogen) atoms. The van der Waals surface area contributed by atoms with Crippen LogP contribution < -0.4 is 10.6 Å². The fraction of sp³-hybridized carbons (Fsp3) is 0.360. The monoisotopic (exact) mass is 552 g/mol. The molecular formula is C25H28N8O7. The molecule has 4 rings (SSSR count). The van der Waals surface area contributed by atoms with E-state index in [1.807, 2.05) is 37.3 Å². The number of nitro groups is 1. The van der Waals surface area contributed by atoms with E-state index in [0.717, 1.165) is 5.56 Å². The number of benzene rings is 2. The topological polar surface area (TPSA) is 189 Å². The highest BCUT2D eigenvalue weighted by atomic mass is 16.6. The van der Waals surface area contributed by atoms with Crippen molar-refractivity contribution in [3.63, 3.8) is 0 Å². The molecule has 0 aliphatic carbocycles. The Morgan fingerprint density at radius 2 is 1.90 bits per heavy atom. The van der Waals surface area contributed by atoms with Crippen LogP contribution >= 0.6 is 0 Å². The summed E-state index contributed by atoms with van der Waals surface area (Å²) in [5, 5.41) is 32.6. The largest absolute Gasteiger partial charge is 0.467 e. The fourth-order valence-corrected chi connectivity index (χ4v) is 3.99. The maximum atomic E-state index is 12.2. The maximum absolute atomic E-state index is 12.2. The number of hydrogen-bond acceptors (Lipinski definition) is 12. The zero-order valence-corrected chi connectivity index (χ0v) is 21.9. The average molecular weight is 553 g/mol. The zero-order valence-electron chi connectivity index (χ0n) is 21.9. The molecule has 2 N–H and O–H groups in total. The van der Waals surface area contributed by atoms with Crippen LogP contribution in [-0.4, -0.2) is 55.4 Å². The van der Waals surface area contributed by atoms with Gasteiger partial charge in [0.1, 0.15) is 18.3 Å². The predicted octanol–water partition coefficient (Wildman–Crippen LogP) is 3.53. The van der Waals surface area contributed by atoms with Gasteiger partial charge in [-0.2, -0.15) is 0 Å².